The van der Waals surface area contributed by atoms with Crippen molar-refractivity contribution >= 4 is 18.3 Å². The first-order valence-corrected chi connectivity index (χ1v) is 6.80. The van der Waals surface area contributed by atoms with Gasteiger partial charge in [0.2, 0.25) is 0 Å². The van der Waals surface area contributed by atoms with Crippen molar-refractivity contribution in [1.82, 2.24) is 15.1 Å². The molecule has 1 aliphatic rings. The summed E-state index contributed by atoms with van der Waals surface area (Å²) in [7, 11) is 0. The highest BCUT2D eigenvalue weighted by atomic mass is 35.5. The zero-order chi connectivity index (χ0) is 14.3. The monoisotopic (exact) mass is 300 g/mol. The van der Waals surface area contributed by atoms with Gasteiger partial charge in [0.25, 0.3) is 5.91 Å². The first-order valence-electron chi connectivity index (χ1n) is 6.80. The van der Waals surface area contributed by atoms with E-state index in [2.05, 4.69) is 37.9 Å². The fourth-order valence-electron chi connectivity index (χ4n) is 2.34. The van der Waals surface area contributed by atoms with E-state index < -0.39 is 0 Å². The highest BCUT2D eigenvalue weighted by molar-refractivity contribution is 5.92. The summed E-state index contributed by atoms with van der Waals surface area (Å²) in [6, 6.07) is 1.86. The number of aromatic amines is 1. The van der Waals surface area contributed by atoms with Crippen molar-refractivity contribution in [1.29, 1.82) is 0 Å². The highest BCUT2D eigenvalue weighted by Gasteiger charge is 2.36. The number of carbonyl (C=O) groups is 1. The Morgan fingerprint density at radius 2 is 2.20 bits per heavy atom. The molecule has 1 fully saturated rings. The predicted octanol–water partition coefficient (Wildman–Crippen LogP) is 1.94. The van der Waals surface area contributed by atoms with Crippen LogP contribution in [0, 0.1) is 5.41 Å². The zero-order valence-electron chi connectivity index (χ0n) is 12.7. The summed E-state index contributed by atoms with van der Waals surface area (Å²) in [5.41, 5.74) is 7.29. The molecular formula is C14H25ClN4O. The van der Waals surface area contributed by atoms with Gasteiger partial charge in [0.1, 0.15) is 5.69 Å². The molecule has 1 atom stereocenters. The third kappa shape index (κ3) is 3.33. The molecule has 3 N–H and O–H groups in total. The summed E-state index contributed by atoms with van der Waals surface area (Å²) in [6.07, 6.45) is 0.964. The topological polar surface area (TPSA) is 75.0 Å². The number of hydrogen-bond acceptors (Lipinski definition) is 3. The molecule has 1 aromatic rings. The van der Waals surface area contributed by atoms with Crippen molar-refractivity contribution in [3.63, 3.8) is 0 Å². The molecular weight excluding hydrogens is 276 g/mol. The number of nitrogens with one attached hydrogen (secondary N) is 1. The SMILES string of the molecule is CC1(CN)CCN(C(=O)c2cc(C(C)(C)C)[nH]n2)C1.Cl. The van der Waals surface area contributed by atoms with Crippen molar-refractivity contribution in [3.05, 3.63) is 17.5 Å². The lowest BCUT2D eigenvalue weighted by molar-refractivity contribution is 0.0771. The van der Waals surface area contributed by atoms with E-state index in [4.69, 9.17) is 5.73 Å². The lowest BCUT2D eigenvalue weighted by atomic mass is 9.90. The molecule has 114 valence electrons. The number of rotatable bonds is 2. The van der Waals surface area contributed by atoms with E-state index in [0.29, 0.717) is 12.2 Å². The van der Waals surface area contributed by atoms with Crippen LogP contribution in [0.1, 0.15) is 50.3 Å². The van der Waals surface area contributed by atoms with Crippen LogP contribution in [0.15, 0.2) is 6.07 Å². The number of likely N-dealkylation sites (tertiary alicyclic amines) is 1. The average molecular weight is 301 g/mol. The van der Waals surface area contributed by atoms with E-state index in [9.17, 15) is 4.79 Å². The number of halogens is 1. The molecule has 0 spiro atoms. The molecule has 1 unspecified atom stereocenters. The number of nitrogens with zero attached hydrogens (tertiary/aromatic N) is 2. The Morgan fingerprint density at radius 3 is 2.65 bits per heavy atom. The molecule has 1 aliphatic heterocycles. The van der Waals surface area contributed by atoms with Gasteiger partial charge in [-0.25, -0.2) is 0 Å². The largest absolute Gasteiger partial charge is 0.337 e. The number of hydrogen-bond donors (Lipinski definition) is 2. The Hall–Kier alpha value is -1.07. The quantitative estimate of drug-likeness (QED) is 0.876. The van der Waals surface area contributed by atoms with Crippen LogP contribution < -0.4 is 5.73 Å². The first kappa shape index (κ1) is 17.0. The molecule has 2 heterocycles. The fraction of sp³-hybridized carbons (Fsp3) is 0.714. The van der Waals surface area contributed by atoms with Crippen molar-refractivity contribution in [3.8, 4) is 0 Å². The predicted molar refractivity (Wildman–Crippen MR) is 82.2 cm³/mol. The van der Waals surface area contributed by atoms with Crippen LogP contribution in [0.2, 0.25) is 0 Å². The lowest BCUT2D eigenvalue weighted by Gasteiger charge is -2.22. The first-order chi connectivity index (χ1) is 8.75. The van der Waals surface area contributed by atoms with E-state index in [1.165, 1.54) is 0 Å². The molecule has 2 rings (SSSR count). The number of amides is 1. The summed E-state index contributed by atoms with van der Waals surface area (Å²) in [6.45, 7) is 10.5. The van der Waals surface area contributed by atoms with Gasteiger partial charge in [-0.2, -0.15) is 5.10 Å². The Kier molecular flexibility index (Phi) is 4.87. The van der Waals surface area contributed by atoms with Crippen molar-refractivity contribution in [2.45, 2.75) is 39.5 Å². The van der Waals surface area contributed by atoms with E-state index in [0.717, 1.165) is 25.2 Å². The summed E-state index contributed by atoms with van der Waals surface area (Å²) < 4.78 is 0. The number of nitrogens with two attached hydrogens (primary N) is 1. The Morgan fingerprint density at radius 1 is 1.55 bits per heavy atom. The van der Waals surface area contributed by atoms with Gasteiger partial charge in [0.15, 0.2) is 0 Å². The Balaban J connectivity index is 0.00000200. The molecule has 1 aromatic heterocycles. The normalized spacial score (nSPS) is 22.8. The number of H-pyrrole nitrogens is 1. The maximum atomic E-state index is 12.4. The van der Waals surface area contributed by atoms with Crippen LogP contribution in [-0.2, 0) is 5.41 Å². The molecule has 0 bridgehead atoms. The molecule has 20 heavy (non-hydrogen) atoms. The van der Waals surface area contributed by atoms with Gasteiger partial charge in [0, 0.05) is 24.2 Å². The van der Waals surface area contributed by atoms with Crippen LogP contribution in [-0.4, -0.2) is 40.6 Å². The molecule has 5 nitrogen and oxygen atoms in total. The number of carbonyl (C=O) groups excluding carboxylic acids is 1. The Labute approximate surface area is 126 Å². The zero-order valence-corrected chi connectivity index (χ0v) is 13.5. The van der Waals surface area contributed by atoms with Crippen molar-refractivity contribution in [2.24, 2.45) is 11.1 Å². The highest BCUT2D eigenvalue weighted by Crippen LogP contribution is 2.29. The summed E-state index contributed by atoms with van der Waals surface area (Å²) in [4.78, 5) is 14.3. The van der Waals surface area contributed by atoms with Crippen LogP contribution in [0.5, 0.6) is 0 Å². The molecule has 0 aliphatic carbocycles. The maximum absolute atomic E-state index is 12.4. The second kappa shape index (κ2) is 5.74. The van der Waals surface area contributed by atoms with E-state index in [1.54, 1.807) is 0 Å². The van der Waals surface area contributed by atoms with E-state index in [1.807, 2.05) is 11.0 Å². The van der Waals surface area contributed by atoms with E-state index in [-0.39, 0.29) is 29.1 Å². The third-order valence-corrected chi connectivity index (χ3v) is 3.94. The summed E-state index contributed by atoms with van der Waals surface area (Å²) in [5.74, 6) is 0.00363. The van der Waals surface area contributed by atoms with Gasteiger partial charge in [-0.1, -0.05) is 27.7 Å². The van der Waals surface area contributed by atoms with Gasteiger partial charge in [-0.3, -0.25) is 9.89 Å². The van der Waals surface area contributed by atoms with Crippen molar-refractivity contribution in [2.75, 3.05) is 19.6 Å². The molecule has 1 amide bonds. The average Bonchev–Trinajstić information content (AvgIpc) is 2.94. The smallest absolute Gasteiger partial charge is 0.274 e. The fourth-order valence-corrected chi connectivity index (χ4v) is 2.34. The van der Waals surface area contributed by atoms with Gasteiger partial charge in [-0.15, -0.1) is 12.4 Å². The standard InChI is InChI=1S/C14H24N4O.ClH/c1-13(2,3)11-7-10(16-17-11)12(19)18-6-5-14(4,8-15)9-18;/h7H,5-6,8-9,15H2,1-4H3,(H,16,17);1H. The second-order valence-electron chi connectivity index (χ2n) is 6.91. The van der Waals surface area contributed by atoms with Crippen LogP contribution in [0.3, 0.4) is 0 Å². The van der Waals surface area contributed by atoms with Crippen LogP contribution >= 0.6 is 12.4 Å². The minimum atomic E-state index is -0.0255. The summed E-state index contributed by atoms with van der Waals surface area (Å²) in [5, 5.41) is 7.12. The second-order valence-corrected chi connectivity index (χ2v) is 6.91. The molecule has 1 saturated heterocycles. The molecule has 0 aromatic carbocycles. The van der Waals surface area contributed by atoms with Gasteiger partial charge >= 0.3 is 0 Å². The van der Waals surface area contributed by atoms with Crippen molar-refractivity contribution < 1.29 is 4.79 Å². The molecule has 0 saturated carbocycles. The molecule has 6 heteroatoms. The van der Waals surface area contributed by atoms with Gasteiger partial charge in [-0.05, 0) is 24.4 Å². The van der Waals surface area contributed by atoms with Gasteiger partial charge in [0.05, 0.1) is 0 Å². The van der Waals surface area contributed by atoms with Crippen LogP contribution in [0.25, 0.3) is 0 Å². The molecule has 0 radical (unpaired) electrons. The third-order valence-electron chi connectivity index (χ3n) is 3.94. The van der Waals surface area contributed by atoms with Gasteiger partial charge < -0.3 is 10.6 Å². The lowest BCUT2D eigenvalue weighted by Crippen LogP contribution is -2.34. The minimum absolute atomic E-state index is 0. The summed E-state index contributed by atoms with van der Waals surface area (Å²) >= 11 is 0. The van der Waals surface area contributed by atoms with E-state index >= 15 is 0 Å². The number of aromatic nitrogens is 2. The minimum Gasteiger partial charge on any atom is -0.337 e. The van der Waals surface area contributed by atoms with Crippen LogP contribution in [0.4, 0.5) is 0 Å². The Bertz CT molecular complexity index is 480. The maximum Gasteiger partial charge on any atom is 0.274 e.